The second-order valence-corrected chi connectivity index (χ2v) is 6.52. The Bertz CT molecular complexity index is 1030. The summed E-state index contributed by atoms with van der Waals surface area (Å²) in [5.74, 6) is 1.61. The van der Waals surface area contributed by atoms with Gasteiger partial charge >= 0.3 is 0 Å². The predicted molar refractivity (Wildman–Crippen MR) is 98.6 cm³/mol. The molecule has 0 saturated heterocycles. The van der Waals surface area contributed by atoms with Crippen LogP contribution in [0, 0.1) is 13.8 Å². The Hall–Kier alpha value is -2.93. The number of nitrogens with one attached hydrogen (secondary N) is 2. The van der Waals surface area contributed by atoms with Crippen LogP contribution in [0.1, 0.15) is 11.3 Å². The first-order chi connectivity index (χ1) is 11.6. The van der Waals surface area contributed by atoms with Gasteiger partial charge in [0.25, 0.3) is 0 Å². The molecule has 0 unspecified atom stereocenters. The van der Waals surface area contributed by atoms with Gasteiger partial charge in [-0.3, -0.25) is 5.10 Å². The summed E-state index contributed by atoms with van der Waals surface area (Å²) in [6.07, 6.45) is 1.76. The summed E-state index contributed by atoms with van der Waals surface area (Å²) < 4.78 is 1.22. The Labute approximate surface area is 142 Å². The van der Waals surface area contributed by atoms with Crippen molar-refractivity contribution >= 4 is 39.0 Å². The maximum atomic E-state index is 5.81. The van der Waals surface area contributed by atoms with Gasteiger partial charge in [0.15, 0.2) is 5.82 Å². The van der Waals surface area contributed by atoms with Crippen molar-refractivity contribution in [2.24, 2.45) is 0 Å². The zero-order valence-electron chi connectivity index (χ0n) is 13.3. The molecule has 4 aromatic rings. The fourth-order valence-corrected chi connectivity index (χ4v) is 3.45. The number of aromatic nitrogens is 4. The summed E-state index contributed by atoms with van der Waals surface area (Å²) in [6, 6.07) is 8.32. The van der Waals surface area contributed by atoms with Gasteiger partial charge in [-0.25, -0.2) is 4.98 Å². The lowest BCUT2D eigenvalue weighted by Crippen LogP contribution is -2.03. The normalized spacial score (nSPS) is 11.1. The molecule has 24 heavy (non-hydrogen) atoms. The molecular weight excluding hydrogens is 320 g/mol. The first kappa shape index (κ1) is 14.6. The highest BCUT2D eigenvalue weighted by Crippen LogP contribution is 2.36. The van der Waals surface area contributed by atoms with Crippen molar-refractivity contribution in [1.82, 2.24) is 20.2 Å². The largest absolute Gasteiger partial charge is 0.368 e. The molecule has 0 radical (unpaired) electrons. The average molecular weight is 336 g/mol. The number of benzene rings is 1. The van der Waals surface area contributed by atoms with Crippen LogP contribution in [-0.4, -0.2) is 20.2 Å². The van der Waals surface area contributed by atoms with Gasteiger partial charge < -0.3 is 11.1 Å². The zero-order valence-corrected chi connectivity index (χ0v) is 14.1. The number of thiophene rings is 1. The second-order valence-electron chi connectivity index (χ2n) is 5.58. The molecule has 120 valence electrons. The Kier molecular flexibility index (Phi) is 3.42. The number of H-pyrrole nitrogens is 1. The lowest BCUT2D eigenvalue weighted by atomic mass is 10.0. The molecule has 6 nitrogen and oxygen atoms in total. The van der Waals surface area contributed by atoms with Crippen LogP contribution in [-0.2, 0) is 0 Å². The summed E-state index contributed by atoms with van der Waals surface area (Å²) in [5, 5.41) is 13.8. The van der Waals surface area contributed by atoms with Crippen molar-refractivity contribution in [3.63, 3.8) is 0 Å². The molecule has 0 aliphatic heterocycles. The summed E-state index contributed by atoms with van der Waals surface area (Å²) >= 11 is 1.71. The molecule has 0 aliphatic rings. The van der Waals surface area contributed by atoms with Gasteiger partial charge in [-0.05, 0) is 36.9 Å². The molecule has 0 spiro atoms. The van der Waals surface area contributed by atoms with Crippen LogP contribution >= 0.6 is 11.3 Å². The summed E-state index contributed by atoms with van der Waals surface area (Å²) in [4.78, 5) is 8.57. The van der Waals surface area contributed by atoms with Crippen molar-refractivity contribution in [2.75, 3.05) is 11.1 Å². The van der Waals surface area contributed by atoms with E-state index >= 15 is 0 Å². The van der Waals surface area contributed by atoms with Gasteiger partial charge in [0, 0.05) is 33.1 Å². The third-order valence-corrected chi connectivity index (χ3v) is 4.97. The van der Waals surface area contributed by atoms with Crippen LogP contribution in [0.25, 0.3) is 21.2 Å². The number of aryl methyl sites for hydroxylation is 1. The summed E-state index contributed by atoms with van der Waals surface area (Å²) in [7, 11) is 0. The van der Waals surface area contributed by atoms with Crippen molar-refractivity contribution in [3.8, 4) is 11.1 Å². The van der Waals surface area contributed by atoms with E-state index in [1.54, 1.807) is 17.5 Å². The fraction of sp³-hybridized carbons (Fsp3) is 0.118. The monoisotopic (exact) mass is 336 g/mol. The van der Waals surface area contributed by atoms with E-state index in [0.29, 0.717) is 5.82 Å². The molecule has 0 fully saturated rings. The van der Waals surface area contributed by atoms with Crippen molar-refractivity contribution in [2.45, 2.75) is 13.8 Å². The highest BCUT2D eigenvalue weighted by atomic mass is 32.1. The van der Waals surface area contributed by atoms with Crippen LogP contribution in [0.3, 0.4) is 0 Å². The van der Waals surface area contributed by atoms with Gasteiger partial charge in [-0.1, -0.05) is 12.1 Å². The molecule has 4 rings (SSSR count). The number of aromatic amines is 1. The van der Waals surface area contributed by atoms with Crippen molar-refractivity contribution in [3.05, 3.63) is 47.1 Å². The lowest BCUT2D eigenvalue weighted by Gasteiger charge is -2.11. The minimum absolute atomic E-state index is 0.226. The third-order valence-electron chi connectivity index (χ3n) is 4.08. The quantitative estimate of drug-likeness (QED) is 0.525. The molecule has 0 amide bonds. The first-order valence-electron chi connectivity index (χ1n) is 7.51. The molecule has 0 aliphatic carbocycles. The molecule has 0 atom stereocenters. The van der Waals surface area contributed by atoms with Gasteiger partial charge in [0.2, 0.25) is 5.95 Å². The molecule has 0 saturated carbocycles. The SMILES string of the molecule is Cc1[nH]nc(Nc2nc(N)ncc2-c2cccc3sccc23)c1C. The van der Waals surface area contributed by atoms with Gasteiger partial charge in [-0.15, -0.1) is 11.3 Å². The van der Waals surface area contributed by atoms with Crippen LogP contribution < -0.4 is 11.1 Å². The summed E-state index contributed by atoms with van der Waals surface area (Å²) in [6.45, 7) is 3.99. The smallest absolute Gasteiger partial charge is 0.221 e. The minimum Gasteiger partial charge on any atom is -0.368 e. The van der Waals surface area contributed by atoms with Crippen LogP contribution in [0.5, 0.6) is 0 Å². The molecule has 0 bridgehead atoms. The number of nitrogens with zero attached hydrogens (tertiary/aromatic N) is 3. The van der Waals surface area contributed by atoms with E-state index in [-0.39, 0.29) is 5.95 Å². The van der Waals surface area contributed by atoms with Crippen LogP contribution in [0.15, 0.2) is 35.8 Å². The average Bonchev–Trinajstić information content (AvgIpc) is 3.17. The fourth-order valence-electron chi connectivity index (χ4n) is 2.64. The van der Waals surface area contributed by atoms with E-state index in [1.165, 1.54) is 10.1 Å². The van der Waals surface area contributed by atoms with Gasteiger partial charge in [0.05, 0.1) is 0 Å². The van der Waals surface area contributed by atoms with E-state index in [2.05, 4.69) is 49.1 Å². The number of hydrogen-bond acceptors (Lipinski definition) is 6. The lowest BCUT2D eigenvalue weighted by molar-refractivity contribution is 1.04. The van der Waals surface area contributed by atoms with Crippen LogP contribution in [0.2, 0.25) is 0 Å². The van der Waals surface area contributed by atoms with E-state index in [1.807, 2.05) is 19.9 Å². The highest BCUT2D eigenvalue weighted by Gasteiger charge is 2.14. The number of anilines is 3. The Morgan fingerprint density at radius 2 is 2.00 bits per heavy atom. The Balaban J connectivity index is 1.87. The number of hydrogen-bond donors (Lipinski definition) is 3. The third kappa shape index (κ3) is 2.39. The number of rotatable bonds is 3. The predicted octanol–water partition coefficient (Wildman–Crippen LogP) is 4.02. The molecule has 4 N–H and O–H groups in total. The topological polar surface area (TPSA) is 92.5 Å². The molecular formula is C17H16N6S. The molecule has 3 heterocycles. The van der Waals surface area contributed by atoms with E-state index in [0.717, 1.165) is 28.2 Å². The Morgan fingerprint density at radius 3 is 2.79 bits per heavy atom. The molecule has 7 heteroatoms. The number of nitrogens with two attached hydrogens (primary N) is 1. The highest BCUT2D eigenvalue weighted by molar-refractivity contribution is 7.17. The van der Waals surface area contributed by atoms with E-state index in [9.17, 15) is 0 Å². The maximum Gasteiger partial charge on any atom is 0.221 e. The number of nitrogen functional groups attached to an aromatic ring is 1. The molecule has 3 aromatic heterocycles. The minimum atomic E-state index is 0.226. The van der Waals surface area contributed by atoms with Crippen LogP contribution in [0.4, 0.5) is 17.6 Å². The standard InChI is InChI=1S/C17H16N6S/c1-9-10(2)22-23-15(9)20-16-13(8-19-17(18)21-16)11-4-3-5-14-12(11)6-7-24-14/h3-8H,1-2H3,(H4,18,19,20,21,22,23). The van der Waals surface area contributed by atoms with Gasteiger partial charge in [0.1, 0.15) is 5.82 Å². The van der Waals surface area contributed by atoms with Gasteiger partial charge in [-0.2, -0.15) is 10.1 Å². The van der Waals surface area contributed by atoms with Crippen molar-refractivity contribution < 1.29 is 0 Å². The van der Waals surface area contributed by atoms with E-state index < -0.39 is 0 Å². The second kappa shape index (κ2) is 5.61. The molecule has 1 aromatic carbocycles. The summed E-state index contributed by atoms with van der Waals surface area (Å²) in [5.41, 5.74) is 9.84. The maximum absolute atomic E-state index is 5.81. The van der Waals surface area contributed by atoms with E-state index in [4.69, 9.17) is 5.73 Å². The first-order valence-corrected chi connectivity index (χ1v) is 8.39. The number of fused-ring (bicyclic) bond motifs is 1. The Morgan fingerprint density at radius 1 is 1.12 bits per heavy atom. The van der Waals surface area contributed by atoms with Crippen molar-refractivity contribution in [1.29, 1.82) is 0 Å². The zero-order chi connectivity index (χ0) is 16.7.